The van der Waals surface area contributed by atoms with Gasteiger partial charge in [0, 0.05) is 11.5 Å². The van der Waals surface area contributed by atoms with Crippen molar-refractivity contribution in [3.63, 3.8) is 0 Å². The molecule has 0 heterocycles. The van der Waals surface area contributed by atoms with Gasteiger partial charge in [-0.1, -0.05) is 37.1 Å². The third-order valence-corrected chi connectivity index (χ3v) is 3.25. The van der Waals surface area contributed by atoms with Gasteiger partial charge in [-0.25, -0.2) is 0 Å². The number of hydrogen-bond donors (Lipinski definition) is 1. The van der Waals surface area contributed by atoms with E-state index in [1.807, 2.05) is 24.3 Å². The van der Waals surface area contributed by atoms with Crippen molar-refractivity contribution in [3.8, 4) is 0 Å². The Morgan fingerprint density at radius 2 is 1.93 bits per heavy atom. The topological polar surface area (TPSA) is 37.3 Å². The Balaban J connectivity index is 2.30. The van der Waals surface area contributed by atoms with Gasteiger partial charge in [0.05, 0.1) is 6.10 Å². The highest BCUT2D eigenvalue weighted by Crippen LogP contribution is 2.34. The van der Waals surface area contributed by atoms with E-state index in [1.54, 1.807) is 0 Å². The minimum Gasteiger partial charge on any atom is -0.392 e. The van der Waals surface area contributed by atoms with E-state index in [4.69, 9.17) is 0 Å². The third-order valence-electron chi connectivity index (χ3n) is 3.25. The van der Waals surface area contributed by atoms with Crippen LogP contribution in [0.1, 0.15) is 47.5 Å². The van der Waals surface area contributed by atoms with Crippen LogP contribution in [-0.2, 0) is 0 Å². The van der Waals surface area contributed by atoms with Crippen molar-refractivity contribution >= 4 is 6.29 Å². The molecule has 2 nitrogen and oxygen atoms in total. The molecule has 1 fully saturated rings. The first-order chi connectivity index (χ1) is 7.33. The average molecular weight is 204 g/mol. The predicted octanol–water partition coefficient (Wildman–Crippen LogP) is 2.52. The number of aliphatic hydroxyl groups is 1. The number of carbonyl (C=O) groups excluding carboxylic acids is 1. The standard InChI is InChI=1S/C13H16O2/c14-9-10-5-1-2-6-11(10)12-7-3-4-8-13(12)15/h1-2,5-6,9,12-13,15H,3-4,7-8H2. The molecule has 15 heavy (non-hydrogen) atoms. The smallest absolute Gasteiger partial charge is 0.150 e. The predicted molar refractivity (Wildman–Crippen MR) is 59.0 cm³/mol. The van der Waals surface area contributed by atoms with E-state index < -0.39 is 0 Å². The van der Waals surface area contributed by atoms with Crippen molar-refractivity contribution < 1.29 is 9.90 Å². The first-order valence-corrected chi connectivity index (χ1v) is 5.55. The van der Waals surface area contributed by atoms with Crippen LogP contribution in [0, 0.1) is 0 Å². The zero-order valence-electron chi connectivity index (χ0n) is 8.73. The van der Waals surface area contributed by atoms with Crippen LogP contribution in [0.2, 0.25) is 0 Å². The fourth-order valence-corrected chi connectivity index (χ4v) is 2.43. The number of aliphatic hydroxyl groups excluding tert-OH is 1. The molecule has 2 heteroatoms. The number of benzene rings is 1. The molecule has 0 bridgehead atoms. The summed E-state index contributed by atoms with van der Waals surface area (Å²) in [5.41, 5.74) is 1.74. The molecular formula is C13H16O2. The quantitative estimate of drug-likeness (QED) is 0.751. The molecule has 0 saturated heterocycles. The molecule has 2 rings (SSSR count). The second kappa shape index (κ2) is 4.58. The monoisotopic (exact) mass is 204 g/mol. The van der Waals surface area contributed by atoms with Gasteiger partial charge < -0.3 is 5.11 Å². The lowest BCUT2D eigenvalue weighted by Gasteiger charge is -2.28. The molecule has 1 aliphatic rings. The fourth-order valence-electron chi connectivity index (χ4n) is 2.43. The van der Waals surface area contributed by atoms with Crippen LogP contribution in [0.3, 0.4) is 0 Å². The van der Waals surface area contributed by atoms with Gasteiger partial charge in [-0.05, 0) is 18.4 Å². The summed E-state index contributed by atoms with van der Waals surface area (Å²) in [7, 11) is 0. The molecule has 2 atom stereocenters. The molecule has 1 aromatic rings. The van der Waals surface area contributed by atoms with E-state index in [0.717, 1.165) is 43.1 Å². The maximum atomic E-state index is 10.9. The van der Waals surface area contributed by atoms with Gasteiger partial charge in [-0.15, -0.1) is 0 Å². The highest BCUT2D eigenvalue weighted by atomic mass is 16.3. The number of rotatable bonds is 2. The lowest BCUT2D eigenvalue weighted by Crippen LogP contribution is -2.23. The van der Waals surface area contributed by atoms with Crippen LogP contribution in [0.25, 0.3) is 0 Å². The molecule has 1 N–H and O–H groups in total. The summed E-state index contributed by atoms with van der Waals surface area (Å²) < 4.78 is 0. The van der Waals surface area contributed by atoms with E-state index in [1.165, 1.54) is 0 Å². The van der Waals surface area contributed by atoms with Gasteiger partial charge in [0.1, 0.15) is 6.29 Å². The Morgan fingerprint density at radius 3 is 2.67 bits per heavy atom. The Kier molecular flexibility index (Phi) is 3.17. The fraction of sp³-hybridized carbons (Fsp3) is 0.462. The van der Waals surface area contributed by atoms with Crippen LogP contribution in [0.15, 0.2) is 24.3 Å². The summed E-state index contributed by atoms with van der Waals surface area (Å²) in [5.74, 6) is 0.153. The van der Waals surface area contributed by atoms with Gasteiger partial charge in [-0.3, -0.25) is 4.79 Å². The lowest BCUT2D eigenvalue weighted by atomic mass is 9.80. The van der Waals surface area contributed by atoms with Crippen LogP contribution >= 0.6 is 0 Å². The number of aldehydes is 1. The minimum atomic E-state index is -0.278. The molecule has 1 aromatic carbocycles. The van der Waals surface area contributed by atoms with Crippen molar-refractivity contribution in [3.05, 3.63) is 35.4 Å². The normalized spacial score (nSPS) is 26.2. The average Bonchev–Trinajstić information content (AvgIpc) is 2.30. The molecule has 2 unspecified atom stereocenters. The second-order valence-corrected chi connectivity index (χ2v) is 4.21. The van der Waals surface area contributed by atoms with Gasteiger partial charge >= 0.3 is 0 Å². The van der Waals surface area contributed by atoms with E-state index >= 15 is 0 Å². The maximum Gasteiger partial charge on any atom is 0.150 e. The Bertz CT molecular complexity index is 346. The molecule has 0 aliphatic heterocycles. The van der Waals surface area contributed by atoms with Crippen molar-refractivity contribution in [2.45, 2.75) is 37.7 Å². The van der Waals surface area contributed by atoms with Crippen molar-refractivity contribution in [2.75, 3.05) is 0 Å². The van der Waals surface area contributed by atoms with Crippen molar-refractivity contribution in [1.29, 1.82) is 0 Å². The van der Waals surface area contributed by atoms with E-state index in [2.05, 4.69) is 0 Å². The number of hydrogen-bond acceptors (Lipinski definition) is 2. The van der Waals surface area contributed by atoms with Crippen LogP contribution < -0.4 is 0 Å². The first-order valence-electron chi connectivity index (χ1n) is 5.55. The molecule has 0 spiro atoms. The second-order valence-electron chi connectivity index (χ2n) is 4.21. The van der Waals surface area contributed by atoms with Gasteiger partial charge in [-0.2, -0.15) is 0 Å². The molecule has 0 radical (unpaired) electrons. The van der Waals surface area contributed by atoms with Gasteiger partial charge in [0.2, 0.25) is 0 Å². The first kappa shape index (κ1) is 10.4. The lowest BCUT2D eigenvalue weighted by molar-refractivity contribution is 0.104. The zero-order chi connectivity index (χ0) is 10.7. The van der Waals surface area contributed by atoms with E-state index in [-0.39, 0.29) is 12.0 Å². The number of carbonyl (C=O) groups is 1. The Hall–Kier alpha value is -1.15. The zero-order valence-corrected chi connectivity index (χ0v) is 8.73. The molecule has 80 valence electrons. The highest BCUT2D eigenvalue weighted by Gasteiger charge is 2.25. The molecular weight excluding hydrogens is 188 g/mol. The van der Waals surface area contributed by atoms with E-state index in [9.17, 15) is 9.90 Å². The van der Waals surface area contributed by atoms with Gasteiger partial charge in [0.25, 0.3) is 0 Å². The Labute approximate surface area is 89.9 Å². The van der Waals surface area contributed by atoms with Gasteiger partial charge in [0.15, 0.2) is 0 Å². The maximum absolute atomic E-state index is 10.9. The summed E-state index contributed by atoms with van der Waals surface area (Å²) in [6.45, 7) is 0. The minimum absolute atomic E-state index is 0.153. The summed E-state index contributed by atoms with van der Waals surface area (Å²) >= 11 is 0. The summed E-state index contributed by atoms with van der Waals surface area (Å²) in [4.78, 5) is 10.9. The highest BCUT2D eigenvalue weighted by molar-refractivity contribution is 5.77. The summed E-state index contributed by atoms with van der Waals surface area (Å²) in [6, 6.07) is 7.58. The van der Waals surface area contributed by atoms with Crippen LogP contribution in [0.5, 0.6) is 0 Å². The molecule has 0 aromatic heterocycles. The largest absolute Gasteiger partial charge is 0.392 e. The molecule has 1 aliphatic carbocycles. The van der Waals surface area contributed by atoms with Crippen LogP contribution in [-0.4, -0.2) is 17.5 Å². The molecule has 1 saturated carbocycles. The summed E-state index contributed by atoms with van der Waals surface area (Å²) in [6.07, 6.45) is 4.70. The SMILES string of the molecule is O=Cc1ccccc1C1CCCCC1O. The van der Waals surface area contributed by atoms with E-state index in [0.29, 0.717) is 0 Å². The van der Waals surface area contributed by atoms with Crippen LogP contribution in [0.4, 0.5) is 0 Å². The summed E-state index contributed by atoms with van der Waals surface area (Å²) in [5, 5.41) is 9.93. The Morgan fingerprint density at radius 1 is 1.20 bits per heavy atom. The molecule has 0 amide bonds. The van der Waals surface area contributed by atoms with Crippen molar-refractivity contribution in [1.82, 2.24) is 0 Å². The van der Waals surface area contributed by atoms with Crippen molar-refractivity contribution in [2.24, 2.45) is 0 Å². The third kappa shape index (κ3) is 2.10.